The molecule has 0 aromatic carbocycles. The molecule has 2 aliphatic rings. The second kappa shape index (κ2) is 6.77. The lowest BCUT2D eigenvalue weighted by molar-refractivity contribution is 0.0242. The van der Waals surface area contributed by atoms with E-state index in [1.54, 1.807) is 12.3 Å². The quantitative estimate of drug-likeness (QED) is 0.844. The third kappa shape index (κ3) is 3.55. The van der Waals surface area contributed by atoms with Crippen LogP contribution in [0, 0.1) is 6.92 Å². The number of aryl methyl sites for hydroxylation is 1. The second-order valence-corrected chi connectivity index (χ2v) is 8.27. The average Bonchev–Trinajstić information content (AvgIpc) is 3.04. The molecule has 6 heteroatoms. The van der Waals surface area contributed by atoms with Crippen LogP contribution in [0.1, 0.15) is 28.3 Å². The van der Waals surface area contributed by atoms with E-state index in [1.165, 1.54) is 0 Å². The minimum Gasteiger partial charge on any atom is -0.371 e. The van der Waals surface area contributed by atoms with Crippen molar-refractivity contribution in [2.45, 2.75) is 30.8 Å². The fourth-order valence-electron chi connectivity index (χ4n) is 3.46. The Hall–Kier alpha value is -1.92. The van der Waals surface area contributed by atoms with Crippen molar-refractivity contribution in [1.29, 1.82) is 0 Å². The molecular weight excluding hydrogens is 334 g/mol. The van der Waals surface area contributed by atoms with E-state index in [0.29, 0.717) is 12.3 Å². The van der Waals surface area contributed by atoms with Crippen LogP contribution in [0.2, 0.25) is 0 Å². The van der Waals surface area contributed by atoms with Gasteiger partial charge in [-0.15, -0.1) is 11.8 Å². The smallest absolute Gasteiger partial charge is 0.272 e. The summed E-state index contributed by atoms with van der Waals surface area (Å²) in [4.78, 5) is 22.9. The van der Waals surface area contributed by atoms with Crippen LogP contribution < -0.4 is 0 Å². The standard InChI is InChI=1S/C19H21N3O2S/c1-14-5-4-6-15(21-14)10-24-16-9-19(25-11-16)12-22(13-19)18(23)17-7-2-3-8-20-17/h2-8,16H,9-13H2,1H3/t16-/m1/s1. The summed E-state index contributed by atoms with van der Waals surface area (Å²) in [5.41, 5.74) is 2.52. The van der Waals surface area contributed by atoms with E-state index in [-0.39, 0.29) is 16.8 Å². The number of aromatic nitrogens is 2. The zero-order valence-corrected chi connectivity index (χ0v) is 15.0. The Morgan fingerprint density at radius 1 is 1.32 bits per heavy atom. The van der Waals surface area contributed by atoms with Gasteiger partial charge in [-0.2, -0.15) is 0 Å². The van der Waals surface area contributed by atoms with Gasteiger partial charge >= 0.3 is 0 Å². The summed E-state index contributed by atoms with van der Waals surface area (Å²) in [6, 6.07) is 11.5. The van der Waals surface area contributed by atoms with Crippen LogP contribution in [0.3, 0.4) is 0 Å². The van der Waals surface area contributed by atoms with Crippen LogP contribution in [0.25, 0.3) is 0 Å². The number of hydrogen-bond acceptors (Lipinski definition) is 5. The van der Waals surface area contributed by atoms with Crippen LogP contribution in [0.15, 0.2) is 42.6 Å². The molecule has 4 heterocycles. The van der Waals surface area contributed by atoms with Gasteiger partial charge in [-0.3, -0.25) is 14.8 Å². The molecule has 1 atom stereocenters. The summed E-state index contributed by atoms with van der Waals surface area (Å²) in [6.45, 7) is 4.12. The summed E-state index contributed by atoms with van der Waals surface area (Å²) in [7, 11) is 0. The van der Waals surface area contributed by atoms with Crippen molar-refractivity contribution in [3.05, 3.63) is 59.7 Å². The molecule has 0 saturated carbocycles. The summed E-state index contributed by atoms with van der Waals surface area (Å²) < 4.78 is 6.22. The summed E-state index contributed by atoms with van der Waals surface area (Å²) in [5.74, 6) is 1.01. The molecule has 25 heavy (non-hydrogen) atoms. The molecule has 2 aromatic rings. The van der Waals surface area contributed by atoms with Gasteiger partial charge in [0.05, 0.1) is 23.2 Å². The van der Waals surface area contributed by atoms with Gasteiger partial charge in [-0.25, -0.2) is 0 Å². The first-order chi connectivity index (χ1) is 12.1. The summed E-state index contributed by atoms with van der Waals surface area (Å²) in [5, 5.41) is 0. The van der Waals surface area contributed by atoms with Crippen molar-refractivity contribution in [3.8, 4) is 0 Å². The van der Waals surface area contributed by atoms with E-state index < -0.39 is 0 Å². The molecule has 5 nitrogen and oxygen atoms in total. The van der Waals surface area contributed by atoms with Gasteiger partial charge in [-0.05, 0) is 37.6 Å². The van der Waals surface area contributed by atoms with Crippen molar-refractivity contribution in [2.75, 3.05) is 18.8 Å². The maximum atomic E-state index is 12.4. The fraction of sp³-hybridized carbons (Fsp3) is 0.421. The van der Waals surface area contributed by atoms with E-state index >= 15 is 0 Å². The number of rotatable bonds is 4. The lowest BCUT2D eigenvalue weighted by Crippen LogP contribution is -2.60. The highest BCUT2D eigenvalue weighted by Crippen LogP contribution is 2.46. The average molecular weight is 355 g/mol. The first-order valence-electron chi connectivity index (χ1n) is 8.52. The number of amides is 1. The topological polar surface area (TPSA) is 55.3 Å². The predicted octanol–water partition coefficient (Wildman–Crippen LogP) is 2.70. The summed E-state index contributed by atoms with van der Waals surface area (Å²) in [6.07, 6.45) is 2.89. The van der Waals surface area contributed by atoms with E-state index in [4.69, 9.17) is 4.74 Å². The van der Waals surface area contributed by atoms with E-state index in [0.717, 1.165) is 36.7 Å². The molecule has 4 rings (SSSR count). The molecule has 0 unspecified atom stereocenters. The third-order valence-electron chi connectivity index (χ3n) is 4.72. The molecule has 2 saturated heterocycles. The number of hydrogen-bond donors (Lipinski definition) is 0. The van der Waals surface area contributed by atoms with Crippen molar-refractivity contribution >= 4 is 17.7 Å². The highest BCUT2D eigenvalue weighted by atomic mass is 32.2. The molecule has 2 fully saturated rings. The van der Waals surface area contributed by atoms with Gasteiger partial charge in [-0.1, -0.05) is 12.1 Å². The first-order valence-corrected chi connectivity index (χ1v) is 9.51. The van der Waals surface area contributed by atoms with E-state index in [1.807, 2.05) is 53.9 Å². The van der Waals surface area contributed by atoms with Gasteiger partial charge in [0.1, 0.15) is 5.69 Å². The molecule has 130 valence electrons. The third-order valence-corrected chi connectivity index (χ3v) is 6.29. The van der Waals surface area contributed by atoms with Crippen molar-refractivity contribution < 1.29 is 9.53 Å². The lowest BCUT2D eigenvalue weighted by Gasteiger charge is -2.47. The van der Waals surface area contributed by atoms with Gasteiger partial charge in [0.25, 0.3) is 5.91 Å². The van der Waals surface area contributed by atoms with Crippen LogP contribution in [0.4, 0.5) is 0 Å². The second-order valence-electron chi connectivity index (χ2n) is 6.78. The van der Waals surface area contributed by atoms with Gasteiger partial charge < -0.3 is 9.64 Å². The Balaban J connectivity index is 1.28. The number of nitrogens with zero attached hydrogens (tertiary/aromatic N) is 3. The molecule has 2 aromatic heterocycles. The zero-order valence-electron chi connectivity index (χ0n) is 14.2. The van der Waals surface area contributed by atoms with Crippen LogP contribution >= 0.6 is 11.8 Å². The first kappa shape index (κ1) is 16.5. The Morgan fingerprint density at radius 2 is 2.20 bits per heavy atom. The Kier molecular flexibility index (Phi) is 4.48. The van der Waals surface area contributed by atoms with Crippen LogP contribution in [0.5, 0.6) is 0 Å². The van der Waals surface area contributed by atoms with Crippen molar-refractivity contribution in [2.24, 2.45) is 0 Å². The van der Waals surface area contributed by atoms with Gasteiger partial charge in [0.2, 0.25) is 0 Å². The molecule has 0 radical (unpaired) electrons. The molecule has 0 N–H and O–H groups in total. The SMILES string of the molecule is Cc1cccc(CO[C@H]2CSC3(C2)CN(C(=O)c2ccccn2)C3)n1. The molecule has 0 aliphatic carbocycles. The fourth-order valence-corrected chi connectivity index (χ4v) is 5.01. The highest BCUT2D eigenvalue weighted by molar-refractivity contribution is 8.01. The van der Waals surface area contributed by atoms with Crippen LogP contribution in [-0.4, -0.2) is 50.5 Å². The lowest BCUT2D eigenvalue weighted by atomic mass is 9.92. The van der Waals surface area contributed by atoms with Gasteiger partial charge in [0, 0.05) is 30.7 Å². The minimum atomic E-state index is 0.0279. The molecular formula is C19H21N3O2S. The Labute approximate surface area is 151 Å². The molecule has 2 aliphatic heterocycles. The predicted molar refractivity (Wildman–Crippen MR) is 97.5 cm³/mol. The number of pyridine rings is 2. The number of thioether (sulfide) groups is 1. The Bertz CT molecular complexity index is 762. The van der Waals surface area contributed by atoms with E-state index in [9.17, 15) is 4.79 Å². The number of ether oxygens (including phenoxy) is 1. The molecule has 1 amide bonds. The van der Waals surface area contributed by atoms with Crippen molar-refractivity contribution in [3.63, 3.8) is 0 Å². The highest BCUT2D eigenvalue weighted by Gasteiger charge is 2.51. The number of likely N-dealkylation sites (tertiary alicyclic amines) is 1. The minimum absolute atomic E-state index is 0.0279. The largest absolute Gasteiger partial charge is 0.371 e. The summed E-state index contributed by atoms with van der Waals surface area (Å²) >= 11 is 1.93. The van der Waals surface area contributed by atoms with Crippen molar-refractivity contribution in [1.82, 2.24) is 14.9 Å². The maximum Gasteiger partial charge on any atom is 0.272 e. The zero-order chi connectivity index (χ0) is 17.3. The molecule has 1 spiro atoms. The molecule has 0 bridgehead atoms. The van der Waals surface area contributed by atoms with Gasteiger partial charge in [0.15, 0.2) is 0 Å². The number of carbonyl (C=O) groups excluding carboxylic acids is 1. The van der Waals surface area contributed by atoms with E-state index in [2.05, 4.69) is 9.97 Å². The normalized spacial score (nSPS) is 21.3. The van der Waals surface area contributed by atoms with Crippen LogP contribution in [-0.2, 0) is 11.3 Å². The number of carbonyl (C=O) groups is 1. The monoisotopic (exact) mass is 355 g/mol. The maximum absolute atomic E-state index is 12.4. The Morgan fingerprint density at radius 3 is 2.96 bits per heavy atom.